The lowest BCUT2D eigenvalue weighted by Gasteiger charge is -2.08. The summed E-state index contributed by atoms with van der Waals surface area (Å²) in [6, 6.07) is 0.376. The van der Waals surface area contributed by atoms with Crippen molar-refractivity contribution in [2.24, 2.45) is 11.5 Å². The van der Waals surface area contributed by atoms with Gasteiger partial charge in [0.1, 0.15) is 0 Å². The number of hydrogen-bond donors (Lipinski definition) is 2. The highest BCUT2D eigenvalue weighted by molar-refractivity contribution is 4.85. The second-order valence-electron chi connectivity index (χ2n) is 6.37. The molecule has 0 aliphatic heterocycles. The summed E-state index contributed by atoms with van der Waals surface area (Å²) in [5.41, 5.74) is 11.6. The molecule has 0 rings (SSSR count). The molecular formula is C19H40N2. The van der Waals surface area contributed by atoms with Gasteiger partial charge in [-0.05, 0) is 38.6 Å². The van der Waals surface area contributed by atoms with Gasteiger partial charge in [0, 0.05) is 6.04 Å². The molecule has 126 valence electrons. The van der Waals surface area contributed by atoms with Crippen LogP contribution in [0.4, 0.5) is 0 Å². The first kappa shape index (κ1) is 20.7. The predicted molar refractivity (Wildman–Crippen MR) is 96.5 cm³/mol. The fourth-order valence-corrected chi connectivity index (χ4v) is 2.63. The van der Waals surface area contributed by atoms with Gasteiger partial charge in [-0.1, -0.05) is 76.9 Å². The first-order valence-electron chi connectivity index (χ1n) is 9.42. The zero-order chi connectivity index (χ0) is 15.6. The molecule has 0 aliphatic carbocycles. The summed E-state index contributed by atoms with van der Waals surface area (Å²) < 4.78 is 0. The van der Waals surface area contributed by atoms with E-state index in [1.807, 2.05) is 0 Å². The van der Waals surface area contributed by atoms with Crippen LogP contribution in [0.3, 0.4) is 0 Å². The molecule has 1 unspecified atom stereocenters. The van der Waals surface area contributed by atoms with E-state index in [2.05, 4.69) is 19.1 Å². The highest BCUT2D eigenvalue weighted by Gasteiger charge is 1.99. The lowest BCUT2D eigenvalue weighted by Crippen LogP contribution is -2.18. The number of rotatable bonds is 16. The van der Waals surface area contributed by atoms with Gasteiger partial charge in [-0.3, -0.25) is 0 Å². The van der Waals surface area contributed by atoms with Crippen LogP contribution in [-0.2, 0) is 0 Å². The average molecular weight is 297 g/mol. The minimum atomic E-state index is 0.376. The van der Waals surface area contributed by atoms with E-state index in [9.17, 15) is 0 Å². The Morgan fingerprint density at radius 3 is 2.05 bits per heavy atom. The highest BCUT2D eigenvalue weighted by Crippen LogP contribution is 2.10. The molecule has 2 nitrogen and oxygen atoms in total. The first-order chi connectivity index (χ1) is 10.3. The Morgan fingerprint density at radius 2 is 1.38 bits per heavy atom. The molecule has 2 heteroatoms. The van der Waals surface area contributed by atoms with Crippen LogP contribution in [0.25, 0.3) is 0 Å². The van der Waals surface area contributed by atoms with Crippen LogP contribution in [0.5, 0.6) is 0 Å². The van der Waals surface area contributed by atoms with Crippen molar-refractivity contribution in [2.45, 2.75) is 103 Å². The van der Waals surface area contributed by atoms with Crippen molar-refractivity contribution in [2.75, 3.05) is 6.54 Å². The van der Waals surface area contributed by atoms with E-state index in [0.717, 1.165) is 13.0 Å². The third-order valence-corrected chi connectivity index (χ3v) is 4.11. The van der Waals surface area contributed by atoms with Crippen molar-refractivity contribution in [1.82, 2.24) is 0 Å². The molecular weight excluding hydrogens is 256 g/mol. The fraction of sp³-hybridized carbons (Fsp3) is 0.895. The summed E-state index contributed by atoms with van der Waals surface area (Å²) in [5, 5.41) is 0. The van der Waals surface area contributed by atoms with Gasteiger partial charge >= 0.3 is 0 Å². The molecule has 0 aromatic carbocycles. The fourth-order valence-electron chi connectivity index (χ4n) is 2.63. The highest BCUT2D eigenvalue weighted by atomic mass is 14.6. The summed E-state index contributed by atoms with van der Waals surface area (Å²) in [6.07, 6.45) is 22.8. The summed E-state index contributed by atoms with van der Waals surface area (Å²) in [6.45, 7) is 3.11. The van der Waals surface area contributed by atoms with Crippen molar-refractivity contribution >= 4 is 0 Å². The molecule has 0 heterocycles. The minimum absolute atomic E-state index is 0.376. The third-order valence-electron chi connectivity index (χ3n) is 4.11. The molecule has 21 heavy (non-hydrogen) atoms. The largest absolute Gasteiger partial charge is 0.330 e. The Kier molecular flexibility index (Phi) is 17.4. The summed E-state index contributed by atoms with van der Waals surface area (Å²) >= 11 is 0. The van der Waals surface area contributed by atoms with Gasteiger partial charge in [0.25, 0.3) is 0 Å². The molecule has 0 fully saturated rings. The SMILES string of the molecule is CCCCCCC(N)C/C=C/CCCCCCCCCN. The smallest absolute Gasteiger partial charge is 0.00734 e. The number of nitrogens with two attached hydrogens (primary N) is 2. The van der Waals surface area contributed by atoms with Crippen molar-refractivity contribution in [3.05, 3.63) is 12.2 Å². The van der Waals surface area contributed by atoms with Gasteiger partial charge in [0.05, 0.1) is 0 Å². The lowest BCUT2D eigenvalue weighted by molar-refractivity contribution is 0.551. The summed E-state index contributed by atoms with van der Waals surface area (Å²) in [5.74, 6) is 0. The molecule has 0 radical (unpaired) electrons. The van der Waals surface area contributed by atoms with E-state index in [-0.39, 0.29) is 0 Å². The molecule has 0 aliphatic rings. The monoisotopic (exact) mass is 296 g/mol. The third kappa shape index (κ3) is 17.6. The van der Waals surface area contributed by atoms with E-state index < -0.39 is 0 Å². The van der Waals surface area contributed by atoms with Crippen LogP contribution >= 0.6 is 0 Å². The minimum Gasteiger partial charge on any atom is -0.330 e. The normalized spacial score (nSPS) is 13.1. The molecule has 0 spiro atoms. The van der Waals surface area contributed by atoms with E-state index >= 15 is 0 Å². The van der Waals surface area contributed by atoms with Gasteiger partial charge in [-0.15, -0.1) is 0 Å². The van der Waals surface area contributed by atoms with Gasteiger partial charge < -0.3 is 11.5 Å². The van der Waals surface area contributed by atoms with Gasteiger partial charge in [-0.2, -0.15) is 0 Å². The van der Waals surface area contributed by atoms with E-state index in [0.29, 0.717) is 6.04 Å². The van der Waals surface area contributed by atoms with E-state index in [1.165, 1.54) is 83.5 Å². The molecule has 4 N–H and O–H groups in total. The lowest BCUT2D eigenvalue weighted by atomic mass is 10.0. The van der Waals surface area contributed by atoms with Crippen molar-refractivity contribution in [3.63, 3.8) is 0 Å². The average Bonchev–Trinajstić information content (AvgIpc) is 2.49. The van der Waals surface area contributed by atoms with Gasteiger partial charge in [0.15, 0.2) is 0 Å². The zero-order valence-corrected chi connectivity index (χ0v) is 14.5. The first-order valence-corrected chi connectivity index (χ1v) is 9.42. The molecule has 0 saturated carbocycles. The van der Waals surface area contributed by atoms with Crippen LogP contribution in [0.1, 0.15) is 96.8 Å². The predicted octanol–water partition coefficient (Wildman–Crippen LogP) is 5.31. The van der Waals surface area contributed by atoms with Gasteiger partial charge in [0.2, 0.25) is 0 Å². The Hall–Kier alpha value is -0.340. The molecule has 0 aromatic rings. The Balaban J connectivity index is 3.20. The van der Waals surface area contributed by atoms with Crippen molar-refractivity contribution in [3.8, 4) is 0 Å². The standard InChI is InChI=1S/C19H40N2/c1-2-3-4-13-16-19(21)17-14-11-9-7-5-6-8-10-12-15-18-20/h11,14,19H,2-10,12-13,15-18,20-21H2,1H3/b14-11+. The molecule has 0 amide bonds. The molecule has 1 atom stereocenters. The maximum Gasteiger partial charge on any atom is 0.00734 e. The van der Waals surface area contributed by atoms with E-state index in [4.69, 9.17) is 11.5 Å². The van der Waals surface area contributed by atoms with Gasteiger partial charge in [-0.25, -0.2) is 0 Å². The van der Waals surface area contributed by atoms with E-state index in [1.54, 1.807) is 0 Å². The van der Waals surface area contributed by atoms with Crippen LogP contribution in [0, 0.1) is 0 Å². The summed E-state index contributed by atoms with van der Waals surface area (Å²) in [4.78, 5) is 0. The van der Waals surface area contributed by atoms with Crippen molar-refractivity contribution < 1.29 is 0 Å². The maximum absolute atomic E-state index is 6.12. The topological polar surface area (TPSA) is 52.0 Å². The second-order valence-corrected chi connectivity index (χ2v) is 6.37. The Labute approximate surface area is 133 Å². The van der Waals surface area contributed by atoms with Crippen molar-refractivity contribution in [1.29, 1.82) is 0 Å². The van der Waals surface area contributed by atoms with Crippen LogP contribution in [-0.4, -0.2) is 12.6 Å². The van der Waals surface area contributed by atoms with Crippen LogP contribution in [0.15, 0.2) is 12.2 Å². The van der Waals surface area contributed by atoms with Crippen LogP contribution < -0.4 is 11.5 Å². The quantitative estimate of drug-likeness (QED) is 0.299. The molecule has 0 bridgehead atoms. The summed E-state index contributed by atoms with van der Waals surface area (Å²) in [7, 11) is 0. The Bertz CT molecular complexity index is 214. The zero-order valence-electron chi connectivity index (χ0n) is 14.5. The number of hydrogen-bond acceptors (Lipinski definition) is 2. The maximum atomic E-state index is 6.12. The molecule has 0 aromatic heterocycles. The number of allylic oxidation sites excluding steroid dienone is 1. The molecule has 0 saturated heterocycles. The number of unbranched alkanes of at least 4 members (excludes halogenated alkanes) is 10. The Morgan fingerprint density at radius 1 is 0.762 bits per heavy atom. The van der Waals surface area contributed by atoms with Crippen LogP contribution in [0.2, 0.25) is 0 Å². The second kappa shape index (κ2) is 17.7.